The van der Waals surface area contributed by atoms with Gasteiger partial charge in [0.15, 0.2) is 0 Å². The molecule has 0 aliphatic carbocycles. The highest BCUT2D eigenvalue weighted by molar-refractivity contribution is 5.85. The Morgan fingerprint density at radius 1 is 1.32 bits per heavy atom. The molecule has 7 heteroatoms. The van der Waals surface area contributed by atoms with Crippen molar-refractivity contribution in [3.05, 3.63) is 0 Å². The summed E-state index contributed by atoms with van der Waals surface area (Å²) in [6.45, 7) is 1.59. The molecule has 0 bridgehead atoms. The number of carboxylic acid groups (broad SMARTS) is 1. The van der Waals surface area contributed by atoms with E-state index >= 15 is 0 Å². The number of piperidine rings is 1. The summed E-state index contributed by atoms with van der Waals surface area (Å²) in [6, 6.07) is -0.454. The van der Waals surface area contributed by atoms with E-state index in [0.717, 1.165) is 19.3 Å². The minimum atomic E-state index is -0.888. The van der Waals surface area contributed by atoms with Crippen molar-refractivity contribution in [2.24, 2.45) is 0 Å². The van der Waals surface area contributed by atoms with E-state index in [2.05, 4.69) is 5.32 Å². The molecule has 0 radical (unpaired) electrons. The van der Waals surface area contributed by atoms with Gasteiger partial charge in [0.25, 0.3) is 0 Å². The number of likely N-dealkylation sites (tertiary alicyclic amines) is 1. The van der Waals surface area contributed by atoms with Crippen LogP contribution >= 0.6 is 0 Å². The summed E-state index contributed by atoms with van der Waals surface area (Å²) < 4.78 is 0. The first kappa shape index (κ1) is 13.6. The Hall–Kier alpha value is -1.79. The molecule has 2 rings (SSSR count). The van der Waals surface area contributed by atoms with Gasteiger partial charge in [-0.05, 0) is 19.3 Å². The molecule has 0 aromatic rings. The van der Waals surface area contributed by atoms with Crippen LogP contribution in [0.3, 0.4) is 0 Å². The van der Waals surface area contributed by atoms with Crippen molar-refractivity contribution >= 4 is 17.9 Å². The van der Waals surface area contributed by atoms with Crippen LogP contribution in [0.2, 0.25) is 0 Å². The molecular weight excluding hydrogens is 250 g/mol. The van der Waals surface area contributed by atoms with Gasteiger partial charge in [-0.15, -0.1) is 0 Å². The molecule has 1 unspecified atom stereocenters. The normalized spacial score (nSPS) is 24.0. The zero-order valence-electron chi connectivity index (χ0n) is 10.8. The number of hydrogen-bond donors (Lipinski definition) is 2. The fraction of sp³-hybridized carbons (Fsp3) is 0.750. The lowest BCUT2D eigenvalue weighted by Crippen LogP contribution is -2.57. The fourth-order valence-corrected chi connectivity index (χ4v) is 2.65. The van der Waals surface area contributed by atoms with Crippen LogP contribution in [0.15, 0.2) is 0 Å². The van der Waals surface area contributed by atoms with Crippen LogP contribution in [0.25, 0.3) is 0 Å². The number of hydrogen-bond acceptors (Lipinski definition) is 3. The molecule has 7 nitrogen and oxygen atoms in total. The predicted molar refractivity (Wildman–Crippen MR) is 66.6 cm³/mol. The second-order valence-electron chi connectivity index (χ2n) is 4.99. The lowest BCUT2D eigenvalue weighted by Gasteiger charge is -2.39. The van der Waals surface area contributed by atoms with E-state index in [0.29, 0.717) is 19.6 Å². The van der Waals surface area contributed by atoms with Gasteiger partial charge in [0.05, 0.1) is 6.42 Å². The number of nitrogens with one attached hydrogen (secondary N) is 1. The summed E-state index contributed by atoms with van der Waals surface area (Å²) in [4.78, 5) is 37.6. The SMILES string of the molecule is O=C(O)CC1CCCCN1C(=O)N1CCNC(=O)C1. The molecule has 2 fully saturated rings. The first-order valence-electron chi connectivity index (χ1n) is 6.62. The summed E-state index contributed by atoms with van der Waals surface area (Å²) in [5.74, 6) is -1.05. The van der Waals surface area contributed by atoms with Crippen molar-refractivity contribution in [1.82, 2.24) is 15.1 Å². The number of urea groups is 1. The highest BCUT2D eigenvalue weighted by atomic mass is 16.4. The van der Waals surface area contributed by atoms with Crippen molar-refractivity contribution in [2.75, 3.05) is 26.2 Å². The number of carbonyl (C=O) groups is 3. The third-order valence-electron chi connectivity index (χ3n) is 3.59. The fourth-order valence-electron chi connectivity index (χ4n) is 2.65. The van der Waals surface area contributed by atoms with Crippen LogP contribution in [0.1, 0.15) is 25.7 Å². The Morgan fingerprint density at radius 3 is 2.79 bits per heavy atom. The molecule has 0 saturated carbocycles. The molecule has 2 aliphatic rings. The quantitative estimate of drug-likeness (QED) is 0.730. The number of rotatable bonds is 2. The Labute approximate surface area is 111 Å². The van der Waals surface area contributed by atoms with Crippen LogP contribution in [0.5, 0.6) is 0 Å². The predicted octanol–water partition coefficient (Wildman–Crippen LogP) is -0.133. The molecule has 2 aliphatic heterocycles. The zero-order chi connectivity index (χ0) is 13.8. The summed E-state index contributed by atoms with van der Waals surface area (Å²) >= 11 is 0. The Morgan fingerprint density at radius 2 is 2.11 bits per heavy atom. The van der Waals surface area contributed by atoms with Gasteiger partial charge in [0.2, 0.25) is 5.91 Å². The maximum atomic E-state index is 12.4. The molecule has 0 aromatic carbocycles. The van der Waals surface area contributed by atoms with Gasteiger partial charge in [-0.3, -0.25) is 9.59 Å². The number of aliphatic carboxylic acids is 1. The number of carbonyl (C=O) groups excluding carboxylic acids is 2. The van der Waals surface area contributed by atoms with Crippen molar-refractivity contribution in [3.8, 4) is 0 Å². The van der Waals surface area contributed by atoms with Gasteiger partial charge >= 0.3 is 12.0 Å². The Bertz CT molecular complexity index is 385. The zero-order valence-corrected chi connectivity index (χ0v) is 10.8. The maximum Gasteiger partial charge on any atom is 0.320 e. The van der Waals surface area contributed by atoms with Gasteiger partial charge in [0, 0.05) is 25.7 Å². The summed E-state index contributed by atoms with van der Waals surface area (Å²) in [5, 5.41) is 11.6. The van der Waals surface area contributed by atoms with E-state index in [1.807, 2.05) is 0 Å². The molecular formula is C12H19N3O4. The van der Waals surface area contributed by atoms with Crippen LogP contribution in [-0.4, -0.2) is 65.0 Å². The monoisotopic (exact) mass is 269 g/mol. The smallest absolute Gasteiger partial charge is 0.320 e. The number of carboxylic acids is 1. The number of piperazine rings is 1. The summed E-state index contributed by atoms with van der Waals surface area (Å²) in [6.07, 6.45) is 2.54. The van der Waals surface area contributed by atoms with Crippen molar-refractivity contribution in [2.45, 2.75) is 31.7 Å². The van der Waals surface area contributed by atoms with E-state index in [4.69, 9.17) is 5.11 Å². The number of amides is 3. The third kappa shape index (κ3) is 3.36. The molecule has 0 aromatic heterocycles. The average molecular weight is 269 g/mol. The van der Waals surface area contributed by atoms with E-state index in [-0.39, 0.29) is 30.9 Å². The minimum absolute atomic E-state index is 0.0220. The van der Waals surface area contributed by atoms with Crippen molar-refractivity contribution in [3.63, 3.8) is 0 Å². The number of nitrogens with zero attached hydrogens (tertiary/aromatic N) is 2. The van der Waals surface area contributed by atoms with Crippen LogP contribution in [0, 0.1) is 0 Å². The van der Waals surface area contributed by atoms with Crippen molar-refractivity contribution in [1.29, 1.82) is 0 Å². The minimum Gasteiger partial charge on any atom is -0.481 e. The Kier molecular flexibility index (Phi) is 4.24. The molecule has 106 valence electrons. The van der Waals surface area contributed by atoms with Gasteiger partial charge in [0.1, 0.15) is 6.54 Å². The molecule has 2 heterocycles. The second kappa shape index (κ2) is 5.90. The van der Waals surface area contributed by atoms with Gasteiger partial charge in [-0.25, -0.2) is 4.79 Å². The molecule has 2 saturated heterocycles. The van der Waals surface area contributed by atoms with Gasteiger partial charge < -0.3 is 20.2 Å². The van der Waals surface area contributed by atoms with Gasteiger partial charge in [-0.2, -0.15) is 0 Å². The van der Waals surface area contributed by atoms with Crippen LogP contribution in [0.4, 0.5) is 4.79 Å². The average Bonchev–Trinajstić information content (AvgIpc) is 2.38. The highest BCUT2D eigenvalue weighted by Gasteiger charge is 2.32. The summed E-state index contributed by atoms with van der Waals surface area (Å²) in [7, 11) is 0. The molecule has 3 amide bonds. The van der Waals surface area contributed by atoms with E-state index in [1.165, 1.54) is 4.90 Å². The molecule has 1 atom stereocenters. The summed E-state index contributed by atoms with van der Waals surface area (Å²) in [5.41, 5.74) is 0. The standard InChI is InChI=1S/C12H19N3O4/c16-10-8-14(6-4-13-10)12(19)15-5-2-1-3-9(15)7-11(17)18/h9H,1-8H2,(H,13,16)(H,17,18). The lowest BCUT2D eigenvalue weighted by molar-refractivity contribution is -0.138. The van der Waals surface area contributed by atoms with Crippen LogP contribution in [-0.2, 0) is 9.59 Å². The van der Waals surface area contributed by atoms with E-state index in [9.17, 15) is 14.4 Å². The largest absolute Gasteiger partial charge is 0.481 e. The third-order valence-corrected chi connectivity index (χ3v) is 3.59. The van der Waals surface area contributed by atoms with Crippen molar-refractivity contribution < 1.29 is 19.5 Å². The first-order valence-corrected chi connectivity index (χ1v) is 6.62. The van der Waals surface area contributed by atoms with Crippen LogP contribution < -0.4 is 5.32 Å². The topological polar surface area (TPSA) is 89.9 Å². The molecule has 19 heavy (non-hydrogen) atoms. The van der Waals surface area contributed by atoms with E-state index in [1.54, 1.807) is 4.90 Å². The van der Waals surface area contributed by atoms with Gasteiger partial charge in [-0.1, -0.05) is 0 Å². The second-order valence-corrected chi connectivity index (χ2v) is 4.99. The first-order chi connectivity index (χ1) is 9.08. The Balaban J connectivity index is 2.02. The highest BCUT2D eigenvalue weighted by Crippen LogP contribution is 2.21. The molecule has 2 N–H and O–H groups in total. The molecule has 0 spiro atoms. The lowest BCUT2D eigenvalue weighted by atomic mass is 10.00. The van der Waals surface area contributed by atoms with E-state index < -0.39 is 5.97 Å². The maximum absolute atomic E-state index is 12.4.